The molecular formula is C17H22BrNO4. The molecule has 0 radical (unpaired) electrons. The lowest BCUT2D eigenvalue weighted by Gasteiger charge is -2.37. The Morgan fingerprint density at radius 2 is 1.91 bits per heavy atom. The fraction of sp³-hybridized carbons (Fsp3) is 0.529. The van der Waals surface area contributed by atoms with Gasteiger partial charge in [0.25, 0.3) is 0 Å². The van der Waals surface area contributed by atoms with E-state index in [1.807, 2.05) is 31.2 Å². The van der Waals surface area contributed by atoms with E-state index in [4.69, 9.17) is 4.74 Å². The Kier molecular flexibility index (Phi) is 6.18. The predicted molar refractivity (Wildman–Crippen MR) is 90.3 cm³/mol. The van der Waals surface area contributed by atoms with Gasteiger partial charge in [-0.05, 0) is 37.0 Å². The number of halogens is 1. The molecule has 1 aromatic rings. The smallest absolute Gasteiger partial charge is 0.326 e. The Bertz CT molecular complexity index is 552. The molecule has 6 heteroatoms. The molecule has 0 bridgehead atoms. The second-order valence-corrected chi connectivity index (χ2v) is 6.77. The Morgan fingerprint density at radius 1 is 1.30 bits per heavy atom. The van der Waals surface area contributed by atoms with Crippen LogP contribution in [-0.4, -0.2) is 36.2 Å². The molecule has 1 amide bonds. The molecule has 1 fully saturated rings. The number of carbonyl (C=O) groups is 2. The summed E-state index contributed by atoms with van der Waals surface area (Å²) >= 11 is 3.40. The van der Waals surface area contributed by atoms with Crippen molar-refractivity contribution >= 4 is 27.8 Å². The Labute approximate surface area is 144 Å². The summed E-state index contributed by atoms with van der Waals surface area (Å²) in [6.45, 7) is 2.89. The number of amides is 1. The first kappa shape index (κ1) is 17.9. The van der Waals surface area contributed by atoms with Crippen molar-refractivity contribution in [1.82, 2.24) is 5.32 Å². The highest BCUT2D eigenvalue weighted by atomic mass is 79.9. The Balaban J connectivity index is 2.28. The number of rotatable bonds is 6. The molecule has 23 heavy (non-hydrogen) atoms. The fourth-order valence-corrected chi connectivity index (χ4v) is 3.24. The molecule has 1 atom stereocenters. The van der Waals surface area contributed by atoms with E-state index in [1.165, 1.54) is 0 Å². The minimum Gasteiger partial charge on any atom is -0.480 e. The third-order valence-electron chi connectivity index (χ3n) is 4.36. The van der Waals surface area contributed by atoms with E-state index in [1.54, 1.807) is 0 Å². The molecular weight excluding hydrogens is 362 g/mol. The second kappa shape index (κ2) is 7.93. The predicted octanol–water partition coefficient (Wildman–Crippen LogP) is 2.87. The van der Waals surface area contributed by atoms with Crippen LogP contribution in [0.4, 0.5) is 0 Å². The van der Waals surface area contributed by atoms with E-state index in [-0.39, 0.29) is 5.91 Å². The van der Waals surface area contributed by atoms with Crippen molar-refractivity contribution in [3.8, 4) is 0 Å². The van der Waals surface area contributed by atoms with Crippen molar-refractivity contribution in [2.75, 3.05) is 13.2 Å². The van der Waals surface area contributed by atoms with E-state index in [0.29, 0.717) is 38.9 Å². The van der Waals surface area contributed by atoms with Crippen LogP contribution in [0.5, 0.6) is 0 Å². The summed E-state index contributed by atoms with van der Waals surface area (Å²) in [7, 11) is 0. The number of hydrogen-bond donors (Lipinski definition) is 2. The summed E-state index contributed by atoms with van der Waals surface area (Å²) in [5.41, 5.74) is 0.183. The van der Waals surface area contributed by atoms with Gasteiger partial charge < -0.3 is 15.2 Å². The zero-order valence-corrected chi connectivity index (χ0v) is 14.8. The van der Waals surface area contributed by atoms with Gasteiger partial charge in [-0.1, -0.05) is 41.4 Å². The van der Waals surface area contributed by atoms with Gasteiger partial charge in [-0.15, -0.1) is 0 Å². The largest absolute Gasteiger partial charge is 0.480 e. The molecule has 0 aromatic heterocycles. The van der Waals surface area contributed by atoms with Crippen molar-refractivity contribution < 1.29 is 19.4 Å². The van der Waals surface area contributed by atoms with Gasteiger partial charge in [0.1, 0.15) is 6.04 Å². The summed E-state index contributed by atoms with van der Waals surface area (Å²) in [6.07, 6.45) is 2.23. The van der Waals surface area contributed by atoms with E-state index in [0.717, 1.165) is 10.0 Å². The average Bonchev–Trinajstić information content (AvgIpc) is 2.55. The Morgan fingerprint density at radius 3 is 2.43 bits per heavy atom. The summed E-state index contributed by atoms with van der Waals surface area (Å²) in [6, 6.07) is 6.80. The van der Waals surface area contributed by atoms with E-state index in [2.05, 4.69) is 21.2 Å². The Hall–Kier alpha value is -1.40. The molecule has 1 aliphatic heterocycles. The molecule has 1 aliphatic rings. The highest BCUT2D eigenvalue weighted by molar-refractivity contribution is 9.10. The lowest BCUT2D eigenvalue weighted by molar-refractivity contribution is -0.144. The van der Waals surface area contributed by atoms with Crippen molar-refractivity contribution in [2.45, 2.75) is 44.1 Å². The summed E-state index contributed by atoms with van der Waals surface area (Å²) in [5, 5.41) is 12.0. The molecule has 0 spiro atoms. The third-order valence-corrected chi connectivity index (χ3v) is 4.89. The van der Waals surface area contributed by atoms with Crippen molar-refractivity contribution in [3.63, 3.8) is 0 Å². The van der Waals surface area contributed by atoms with Crippen molar-refractivity contribution in [3.05, 3.63) is 34.3 Å². The van der Waals surface area contributed by atoms with Gasteiger partial charge >= 0.3 is 5.97 Å². The van der Waals surface area contributed by atoms with Crippen LogP contribution < -0.4 is 5.32 Å². The highest BCUT2D eigenvalue weighted by Gasteiger charge is 2.42. The maximum absolute atomic E-state index is 13.0. The summed E-state index contributed by atoms with van der Waals surface area (Å²) < 4.78 is 6.36. The molecule has 1 heterocycles. The first-order chi connectivity index (χ1) is 11.0. The van der Waals surface area contributed by atoms with Crippen LogP contribution in [0, 0.1) is 0 Å². The van der Waals surface area contributed by atoms with E-state index >= 15 is 0 Å². The molecule has 2 rings (SSSR count). The van der Waals surface area contributed by atoms with Crippen molar-refractivity contribution in [1.29, 1.82) is 0 Å². The lowest BCUT2D eigenvalue weighted by atomic mass is 9.73. The number of carboxylic acids is 1. The lowest BCUT2D eigenvalue weighted by Crippen LogP contribution is -2.52. The quantitative estimate of drug-likeness (QED) is 0.791. The van der Waals surface area contributed by atoms with Gasteiger partial charge in [-0.25, -0.2) is 4.79 Å². The van der Waals surface area contributed by atoms with Crippen LogP contribution in [0.1, 0.15) is 38.2 Å². The maximum atomic E-state index is 13.0. The minimum atomic E-state index is -0.988. The van der Waals surface area contributed by atoms with Crippen LogP contribution in [0.2, 0.25) is 0 Å². The molecule has 1 saturated heterocycles. The van der Waals surface area contributed by atoms with Gasteiger partial charge in [0.2, 0.25) is 5.91 Å². The first-order valence-corrected chi connectivity index (χ1v) is 8.66. The zero-order chi connectivity index (χ0) is 16.9. The van der Waals surface area contributed by atoms with Crippen LogP contribution in [-0.2, 0) is 19.7 Å². The van der Waals surface area contributed by atoms with E-state index in [9.17, 15) is 14.7 Å². The second-order valence-electron chi connectivity index (χ2n) is 5.85. The summed E-state index contributed by atoms with van der Waals surface area (Å²) in [5.74, 6) is -1.21. The number of nitrogens with one attached hydrogen (secondary N) is 1. The standard InChI is InChI=1S/C17H22BrNO4/c1-2-3-14(15(20)21)19-16(22)17(8-10-23-11-9-17)12-4-6-13(18)7-5-12/h4-7,14H,2-3,8-11H2,1H3,(H,19,22)(H,20,21). The summed E-state index contributed by atoms with van der Waals surface area (Å²) in [4.78, 5) is 24.3. The SMILES string of the molecule is CCCC(NC(=O)C1(c2ccc(Br)cc2)CCOCC1)C(=O)O. The van der Waals surface area contributed by atoms with Gasteiger partial charge in [-0.2, -0.15) is 0 Å². The molecule has 0 saturated carbocycles. The molecule has 5 nitrogen and oxygen atoms in total. The number of benzene rings is 1. The number of ether oxygens (including phenoxy) is 1. The topological polar surface area (TPSA) is 75.6 Å². The number of hydrogen-bond acceptors (Lipinski definition) is 3. The van der Waals surface area contributed by atoms with Crippen LogP contribution in [0.3, 0.4) is 0 Å². The van der Waals surface area contributed by atoms with Crippen LogP contribution in [0.15, 0.2) is 28.7 Å². The minimum absolute atomic E-state index is 0.219. The highest BCUT2D eigenvalue weighted by Crippen LogP contribution is 2.36. The molecule has 1 unspecified atom stereocenters. The molecule has 1 aromatic carbocycles. The van der Waals surface area contributed by atoms with Gasteiger partial charge in [0.05, 0.1) is 5.41 Å². The van der Waals surface area contributed by atoms with E-state index < -0.39 is 17.4 Å². The van der Waals surface area contributed by atoms with Gasteiger partial charge in [0.15, 0.2) is 0 Å². The molecule has 126 valence electrons. The van der Waals surface area contributed by atoms with Gasteiger partial charge in [-0.3, -0.25) is 4.79 Å². The first-order valence-electron chi connectivity index (χ1n) is 7.87. The van der Waals surface area contributed by atoms with Crippen LogP contribution >= 0.6 is 15.9 Å². The number of carboxylic acid groups (broad SMARTS) is 1. The van der Waals surface area contributed by atoms with Crippen molar-refractivity contribution in [2.24, 2.45) is 0 Å². The molecule has 0 aliphatic carbocycles. The number of carbonyl (C=O) groups excluding carboxylic acids is 1. The number of aliphatic carboxylic acids is 1. The van der Waals surface area contributed by atoms with Crippen LogP contribution in [0.25, 0.3) is 0 Å². The maximum Gasteiger partial charge on any atom is 0.326 e. The average molecular weight is 384 g/mol. The monoisotopic (exact) mass is 383 g/mol. The fourth-order valence-electron chi connectivity index (χ4n) is 2.98. The molecule has 2 N–H and O–H groups in total. The van der Waals surface area contributed by atoms with Gasteiger partial charge in [0, 0.05) is 17.7 Å². The normalized spacial score (nSPS) is 18.2. The third kappa shape index (κ3) is 4.12. The zero-order valence-electron chi connectivity index (χ0n) is 13.2.